The van der Waals surface area contributed by atoms with Crippen LogP contribution >= 0.6 is 11.6 Å². The zero-order valence-electron chi connectivity index (χ0n) is 17.0. The van der Waals surface area contributed by atoms with Crippen LogP contribution in [0.15, 0.2) is 65.7 Å². The average molecular weight is 421 g/mol. The van der Waals surface area contributed by atoms with Crippen LogP contribution in [0.25, 0.3) is 11.1 Å². The molecule has 1 aliphatic heterocycles. The SMILES string of the molecule is COc1cc2c(cc1OC)N(C)C(=O)CN=C2c1cccc(-c2ccc(Cl)cc2)c1. The third kappa shape index (κ3) is 3.64. The molecule has 0 saturated heterocycles. The summed E-state index contributed by atoms with van der Waals surface area (Å²) in [4.78, 5) is 18.8. The molecule has 0 N–H and O–H groups in total. The minimum atomic E-state index is -0.0904. The van der Waals surface area contributed by atoms with E-state index in [4.69, 9.17) is 21.1 Å². The molecule has 3 aromatic rings. The van der Waals surface area contributed by atoms with E-state index in [0.29, 0.717) is 16.5 Å². The monoisotopic (exact) mass is 420 g/mol. The summed E-state index contributed by atoms with van der Waals surface area (Å²) >= 11 is 6.03. The highest BCUT2D eigenvalue weighted by atomic mass is 35.5. The number of ether oxygens (including phenoxy) is 2. The van der Waals surface area contributed by atoms with Crippen LogP contribution in [0.1, 0.15) is 11.1 Å². The second-order valence-corrected chi connectivity index (χ2v) is 7.37. The number of rotatable bonds is 4. The Kier molecular flexibility index (Phi) is 5.46. The Balaban J connectivity index is 1.87. The third-order valence-electron chi connectivity index (χ3n) is 5.18. The van der Waals surface area contributed by atoms with Crippen molar-refractivity contribution >= 4 is 28.9 Å². The first-order valence-electron chi connectivity index (χ1n) is 9.45. The highest BCUT2D eigenvalue weighted by molar-refractivity contribution is 6.30. The van der Waals surface area contributed by atoms with E-state index in [2.05, 4.69) is 11.1 Å². The summed E-state index contributed by atoms with van der Waals surface area (Å²) in [6, 6.07) is 19.5. The number of carbonyl (C=O) groups is 1. The minimum Gasteiger partial charge on any atom is -0.493 e. The average Bonchev–Trinajstić information content (AvgIpc) is 2.90. The van der Waals surface area contributed by atoms with Crippen molar-refractivity contribution in [3.8, 4) is 22.6 Å². The van der Waals surface area contributed by atoms with Crippen LogP contribution < -0.4 is 14.4 Å². The van der Waals surface area contributed by atoms with Crippen LogP contribution in [0, 0.1) is 0 Å². The predicted molar refractivity (Wildman–Crippen MR) is 120 cm³/mol. The number of likely N-dealkylation sites (N-methyl/N-ethyl adjacent to an activating group) is 1. The molecule has 0 atom stereocenters. The number of hydrogen-bond donors (Lipinski definition) is 0. The Hall–Kier alpha value is -3.31. The van der Waals surface area contributed by atoms with E-state index in [1.807, 2.05) is 54.6 Å². The van der Waals surface area contributed by atoms with Crippen molar-refractivity contribution in [1.29, 1.82) is 0 Å². The lowest BCUT2D eigenvalue weighted by Crippen LogP contribution is -2.27. The van der Waals surface area contributed by atoms with E-state index in [0.717, 1.165) is 33.7 Å². The van der Waals surface area contributed by atoms with E-state index in [-0.39, 0.29) is 12.5 Å². The van der Waals surface area contributed by atoms with Gasteiger partial charge in [0.25, 0.3) is 0 Å². The molecule has 5 nitrogen and oxygen atoms in total. The van der Waals surface area contributed by atoms with Gasteiger partial charge in [0.15, 0.2) is 11.5 Å². The molecule has 152 valence electrons. The number of anilines is 1. The molecule has 1 amide bonds. The van der Waals surface area contributed by atoms with Gasteiger partial charge in [0.1, 0.15) is 6.54 Å². The molecule has 0 saturated carbocycles. The minimum absolute atomic E-state index is 0.0658. The van der Waals surface area contributed by atoms with Gasteiger partial charge in [0.05, 0.1) is 25.6 Å². The number of hydrogen-bond acceptors (Lipinski definition) is 4. The van der Waals surface area contributed by atoms with Gasteiger partial charge >= 0.3 is 0 Å². The van der Waals surface area contributed by atoms with Gasteiger partial charge in [-0.1, -0.05) is 41.9 Å². The quantitative estimate of drug-likeness (QED) is 0.607. The Morgan fingerprint density at radius 2 is 1.57 bits per heavy atom. The van der Waals surface area contributed by atoms with Crippen molar-refractivity contribution in [3.05, 3.63) is 76.8 Å². The molecule has 0 aliphatic carbocycles. The fourth-order valence-corrected chi connectivity index (χ4v) is 3.67. The van der Waals surface area contributed by atoms with Crippen LogP contribution in [0.5, 0.6) is 11.5 Å². The van der Waals surface area contributed by atoms with Crippen molar-refractivity contribution in [1.82, 2.24) is 0 Å². The molecule has 0 unspecified atom stereocenters. The molecular weight excluding hydrogens is 400 g/mol. The maximum atomic E-state index is 12.6. The molecule has 0 radical (unpaired) electrons. The van der Waals surface area contributed by atoms with Crippen LogP contribution in [-0.2, 0) is 4.79 Å². The first-order chi connectivity index (χ1) is 14.5. The number of benzodiazepines with no additional fused rings is 1. The van der Waals surface area contributed by atoms with Gasteiger partial charge in [-0.05, 0) is 35.4 Å². The maximum Gasteiger partial charge on any atom is 0.248 e. The van der Waals surface area contributed by atoms with Crippen molar-refractivity contribution in [2.24, 2.45) is 4.99 Å². The van der Waals surface area contributed by atoms with Crippen molar-refractivity contribution in [2.75, 3.05) is 32.7 Å². The lowest BCUT2D eigenvalue weighted by atomic mass is 9.96. The Bertz CT molecular complexity index is 1140. The number of benzene rings is 3. The topological polar surface area (TPSA) is 51.1 Å². The number of carbonyl (C=O) groups excluding carboxylic acids is 1. The largest absolute Gasteiger partial charge is 0.493 e. The molecule has 0 aromatic heterocycles. The second kappa shape index (κ2) is 8.20. The van der Waals surface area contributed by atoms with Crippen molar-refractivity contribution in [2.45, 2.75) is 0 Å². The molecule has 4 rings (SSSR count). The fraction of sp³-hybridized carbons (Fsp3) is 0.167. The summed E-state index contributed by atoms with van der Waals surface area (Å²) in [6.07, 6.45) is 0. The van der Waals surface area contributed by atoms with E-state index >= 15 is 0 Å². The molecule has 6 heteroatoms. The number of halogens is 1. The standard InChI is InChI=1S/C24H21ClN2O3/c1-27-20-13-22(30-3)21(29-2)12-19(20)24(26-14-23(27)28)17-6-4-5-16(11-17)15-7-9-18(25)10-8-15/h4-13H,14H2,1-3H3. The summed E-state index contributed by atoms with van der Waals surface area (Å²) in [7, 11) is 4.91. The number of fused-ring (bicyclic) bond motifs is 1. The maximum absolute atomic E-state index is 12.6. The van der Waals surface area contributed by atoms with E-state index in [1.165, 1.54) is 0 Å². The fourth-order valence-electron chi connectivity index (χ4n) is 3.54. The number of nitrogens with zero attached hydrogens (tertiary/aromatic N) is 2. The first-order valence-corrected chi connectivity index (χ1v) is 9.83. The highest BCUT2D eigenvalue weighted by Gasteiger charge is 2.25. The number of methoxy groups -OCH3 is 2. The Morgan fingerprint density at radius 3 is 2.27 bits per heavy atom. The lowest BCUT2D eigenvalue weighted by molar-refractivity contribution is -0.116. The van der Waals surface area contributed by atoms with Gasteiger partial charge in [-0.3, -0.25) is 9.79 Å². The van der Waals surface area contributed by atoms with Crippen molar-refractivity contribution < 1.29 is 14.3 Å². The third-order valence-corrected chi connectivity index (χ3v) is 5.43. The molecule has 0 fully saturated rings. The van der Waals surface area contributed by atoms with Gasteiger partial charge in [-0.25, -0.2) is 0 Å². The van der Waals surface area contributed by atoms with Gasteiger partial charge < -0.3 is 14.4 Å². The summed E-state index contributed by atoms with van der Waals surface area (Å²) in [5, 5.41) is 0.694. The van der Waals surface area contributed by atoms with Gasteiger partial charge in [0, 0.05) is 29.3 Å². The first kappa shape index (κ1) is 20.0. The molecule has 3 aromatic carbocycles. The Morgan fingerprint density at radius 1 is 0.900 bits per heavy atom. The van der Waals surface area contributed by atoms with E-state index < -0.39 is 0 Å². The van der Waals surface area contributed by atoms with Gasteiger partial charge in [-0.15, -0.1) is 0 Å². The molecule has 30 heavy (non-hydrogen) atoms. The van der Waals surface area contributed by atoms with E-state index in [1.54, 1.807) is 26.2 Å². The summed E-state index contributed by atoms with van der Waals surface area (Å²) < 4.78 is 10.9. The van der Waals surface area contributed by atoms with Gasteiger partial charge in [-0.2, -0.15) is 0 Å². The van der Waals surface area contributed by atoms with Crippen LogP contribution in [0.2, 0.25) is 5.02 Å². The lowest BCUT2D eigenvalue weighted by Gasteiger charge is -2.20. The highest BCUT2D eigenvalue weighted by Crippen LogP contribution is 2.37. The normalized spacial score (nSPS) is 13.4. The zero-order chi connectivity index (χ0) is 21.3. The number of aliphatic imine (C=N–C) groups is 1. The molecular formula is C24H21ClN2O3. The smallest absolute Gasteiger partial charge is 0.248 e. The summed E-state index contributed by atoms with van der Waals surface area (Å²) in [5.41, 5.74) is 5.28. The summed E-state index contributed by atoms with van der Waals surface area (Å²) in [5.74, 6) is 1.06. The second-order valence-electron chi connectivity index (χ2n) is 6.93. The zero-order valence-corrected chi connectivity index (χ0v) is 17.7. The summed E-state index contributed by atoms with van der Waals surface area (Å²) in [6.45, 7) is 0.0658. The molecule has 0 bridgehead atoms. The van der Waals surface area contributed by atoms with Crippen LogP contribution in [0.3, 0.4) is 0 Å². The predicted octanol–water partition coefficient (Wildman–Crippen LogP) is 4.84. The number of amides is 1. The molecule has 1 heterocycles. The van der Waals surface area contributed by atoms with Crippen molar-refractivity contribution in [3.63, 3.8) is 0 Å². The molecule has 0 spiro atoms. The van der Waals surface area contributed by atoms with Crippen LogP contribution in [0.4, 0.5) is 5.69 Å². The van der Waals surface area contributed by atoms with Gasteiger partial charge in [0.2, 0.25) is 5.91 Å². The Labute approximate surface area is 180 Å². The van der Waals surface area contributed by atoms with Crippen LogP contribution in [-0.4, -0.2) is 39.4 Å². The molecule has 1 aliphatic rings. The van der Waals surface area contributed by atoms with E-state index in [9.17, 15) is 4.79 Å².